The van der Waals surface area contributed by atoms with Crippen LogP contribution in [0.2, 0.25) is 0 Å². The van der Waals surface area contributed by atoms with Crippen LogP contribution in [0.4, 0.5) is 17.1 Å². The molecule has 3 heterocycles. The number of fused-ring (bicyclic) bond motifs is 4. The van der Waals surface area contributed by atoms with Gasteiger partial charge in [0.25, 0.3) is 5.91 Å². The van der Waals surface area contributed by atoms with Crippen molar-refractivity contribution >= 4 is 40.7 Å². The maximum atomic E-state index is 14.2. The van der Waals surface area contributed by atoms with Crippen LogP contribution in [0.1, 0.15) is 18.1 Å². The molecule has 3 aromatic carbocycles. The zero-order valence-electron chi connectivity index (χ0n) is 20.5. The summed E-state index contributed by atoms with van der Waals surface area (Å²) < 4.78 is 0. The van der Waals surface area contributed by atoms with Gasteiger partial charge < -0.3 is 10.2 Å². The second kappa shape index (κ2) is 8.38. The molecular weight excluding hydrogens is 468 g/mol. The third-order valence-corrected chi connectivity index (χ3v) is 7.67. The van der Waals surface area contributed by atoms with Gasteiger partial charge in [-0.25, -0.2) is 4.90 Å². The first kappa shape index (κ1) is 23.1. The Kier molecular flexibility index (Phi) is 5.24. The summed E-state index contributed by atoms with van der Waals surface area (Å²) in [6.07, 6.45) is 0. The van der Waals surface area contributed by atoms with Gasteiger partial charge in [-0.1, -0.05) is 54.1 Å². The van der Waals surface area contributed by atoms with Crippen LogP contribution in [0.3, 0.4) is 0 Å². The highest BCUT2D eigenvalue weighted by Crippen LogP contribution is 2.54. The van der Waals surface area contributed by atoms with E-state index in [0.29, 0.717) is 22.6 Å². The van der Waals surface area contributed by atoms with Gasteiger partial charge in [-0.05, 0) is 44.2 Å². The summed E-state index contributed by atoms with van der Waals surface area (Å²) in [5, 5.41) is 6.16. The molecule has 0 radical (unpaired) electrons. The predicted molar refractivity (Wildman–Crippen MR) is 139 cm³/mol. The lowest BCUT2D eigenvalue weighted by molar-refractivity contribution is -0.132. The van der Waals surface area contributed by atoms with Gasteiger partial charge in [-0.3, -0.25) is 24.5 Å². The molecule has 8 nitrogen and oxygen atoms in total. The van der Waals surface area contributed by atoms with Crippen molar-refractivity contribution < 1.29 is 19.2 Å². The molecule has 0 saturated carbocycles. The summed E-state index contributed by atoms with van der Waals surface area (Å²) in [4.78, 5) is 57.3. The van der Waals surface area contributed by atoms with Crippen molar-refractivity contribution in [2.45, 2.75) is 25.4 Å². The Hall–Kier alpha value is -4.30. The molecule has 1 spiro atoms. The summed E-state index contributed by atoms with van der Waals surface area (Å²) in [5.74, 6) is -3.11. The number of imide groups is 1. The van der Waals surface area contributed by atoms with Crippen LogP contribution in [0.25, 0.3) is 0 Å². The van der Waals surface area contributed by atoms with Crippen molar-refractivity contribution in [2.24, 2.45) is 11.8 Å². The molecule has 186 valence electrons. The molecule has 2 N–H and O–H groups in total. The minimum Gasteiger partial charge on any atom is -0.325 e. The van der Waals surface area contributed by atoms with Crippen molar-refractivity contribution in [3.63, 3.8) is 0 Å². The van der Waals surface area contributed by atoms with E-state index in [1.165, 1.54) is 9.80 Å². The first-order chi connectivity index (χ1) is 17.8. The molecule has 6 rings (SSSR count). The van der Waals surface area contributed by atoms with Crippen LogP contribution >= 0.6 is 0 Å². The first-order valence-corrected chi connectivity index (χ1v) is 12.3. The lowest BCUT2D eigenvalue weighted by Gasteiger charge is -2.30. The van der Waals surface area contributed by atoms with Crippen LogP contribution < -0.4 is 20.4 Å². The molecule has 3 aromatic rings. The Bertz CT molecular complexity index is 1440. The number of hydrogen-bond donors (Lipinski definition) is 2. The van der Waals surface area contributed by atoms with Crippen molar-refractivity contribution in [1.29, 1.82) is 0 Å². The molecule has 4 amide bonds. The third-order valence-electron chi connectivity index (χ3n) is 7.67. The molecule has 3 aliphatic heterocycles. The van der Waals surface area contributed by atoms with Gasteiger partial charge in [0.15, 0.2) is 0 Å². The van der Waals surface area contributed by atoms with E-state index in [1.807, 2.05) is 44.2 Å². The van der Waals surface area contributed by atoms with Crippen LogP contribution in [-0.2, 0) is 24.7 Å². The average Bonchev–Trinajstić information content (AvgIpc) is 3.44. The van der Waals surface area contributed by atoms with Crippen molar-refractivity contribution in [1.82, 2.24) is 5.32 Å². The summed E-state index contributed by atoms with van der Waals surface area (Å²) in [6.45, 7) is 3.55. The van der Waals surface area contributed by atoms with Gasteiger partial charge in [0.05, 0.1) is 17.5 Å². The molecule has 2 saturated heterocycles. The van der Waals surface area contributed by atoms with E-state index < -0.39 is 35.2 Å². The normalized spacial score (nSPS) is 26.1. The van der Waals surface area contributed by atoms with Gasteiger partial charge >= 0.3 is 0 Å². The highest BCUT2D eigenvalue weighted by atomic mass is 16.2. The van der Waals surface area contributed by atoms with Crippen molar-refractivity contribution in [3.8, 4) is 0 Å². The maximum absolute atomic E-state index is 14.2. The van der Waals surface area contributed by atoms with Crippen molar-refractivity contribution in [2.75, 3.05) is 21.7 Å². The Morgan fingerprint density at radius 2 is 1.59 bits per heavy atom. The molecule has 8 heteroatoms. The van der Waals surface area contributed by atoms with Crippen molar-refractivity contribution in [3.05, 3.63) is 90.0 Å². The third kappa shape index (κ3) is 3.33. The predicted octanol–water partition coefficient (Wildman–Crippen LogP) is 2.97. The number of nitrogens with one attached hydrogen (secondary N) is 2. The Morgan fingerprint density at radius 1 is 0.919 bits per heavy atom. The summed E-state index contributed by atoms with van der Waals surface area (Å²) in [7, 11) is 0. The van der Waals surface area contributed by atoms with Gasteiger partial charge in [-0.15, -0.1) is 0 Å². The molecule has 3 aliphatic rings. The number of aryl methyl sites for hydroxylation is 1. The van der Waals surface area contributed by atoms with Gasteiger partial charge in [-0.2, -0.15) is 0 Å². The van der Waals surface area contributed by atoms with E-state index in [2.05, 4.69) is 10.6 Å². The van der Waals surface area contributed by atoms with Crippen LogP contribution in [0.15, 0.2) is 78.9 Å². The fourth-order valence-electron chi connectivity index (χ4n) is 6.08. The lowest BCUT2D eigenvalue weighted by atomic mass is 9.76. The second-order valence-electron chi connectivity index (χ2n) is 9.91. The zero-order valence-corrected chi connectivity index (χ0v) is 20.5. The fraction of sp³-hybridized carbons (Fsp3) is 0.241. The van der Waals surface area contributed by atoms with E-state index in [-0.39, 0.29) is 18.4 Å². The summed E-state index contributed by atoms with van der Waals surface area (Å²) >= 11 is 0. The Labute approximate surface area is 214 Å². The molecule has 0 aliphatic carbocycles. The Balaban J connectivity index is 1.38. The zero-order chi connectivity index (χ0) is 25.9. The van der Waals surface area contributed by atoms with Gasteiger partial charge in [0.2, 0.25) is 17.7 Å². The highest BCUT2D eigenvalue weighted by Gasteiger charge is 2.71. The lowest BCUT2D eigenvalue weighted by Crippen LogP contribution is -2.55. The van der Waals surface area contributed by atoms with Crippen LogP contribution in [-0.4, -0.2) is 36.2 Å². The van der Waals surface area contributed by atoms with Crippen LogP contribution in [0.5, 0.6) is 0 Å². The maximum Gasteiger partial charge on any atom is 0.253 e. The summed E-state index contributed by atoms with van der Waals surface area (Å²) in [5.41, 5.74) is 1.87. The van der Waals surface area contributed by atoms with E-state index in [4.69, 9.17) is 0 Å². The summed E-state index contributed by atoms with van der Waals surface area (Å²) in [6, 6.07) is 23.0. The largest absolute Gasteiger partial charge is 0.325 e. The minimum atomic E-state index is -1.43. The molecule has 0 aromatic heterocycles. The van der Waals surface area contributed by atoms with Gasteiger partial charge in [0.1, 0.15) is 12.1 Å². The van der Waals surface area contributed by atoms with Crippen LogP contribution in [0, 0.1) is 18.8 Å². The van der Waals surface area contributed by atoms with E-state index in [9.17, 15) is 19.2 Å². The van der Waals surface area contributed by atoms with E-state index in [1.54, 1.807) is 48.5 Å². The molecule has 37 heavy (non-hydrogen) atoms. The minimum absolute atomic E-state index is 0.219. The number of benzene rings is 3. The number of carbonyl (C=O) groups excluding carboxylic acids is 4. The van der Waals surface area contributed by atoms with E-state index in [0.717, 1.165) is 5.56 Å². The molecule has 0 unspecified atom stereocenters. The number of nitrogens with zero attached hydrogens (tertiary/aromatic N) is 2. The SMILES string of the molecule is Cc1ccc(N2C(=O)[C@@H]3[C@H](C)N[C@]4(C(=O)N(CC(=O)Nc5ccccc5)c5ccccc54)[C@H]3C2=O)cc1. The number of amides is 4. The number of para-hydroxylation sites is 2. The standard InChI is InChI=1S/C29H26N4O4/c1-17-12-14-20(15-13-17)33-26(35)24-18(2)31-29(25(24)27(33)36)21-10-6-7-11-22(21)32(28(29)37)16-23(34)30-19-8-4-3-5-9-19/h3-15,18,24-25,31H,16H2,1-2H3,(H,30,34)/t18-,24+,25+,29-/m0/s1. The topological polar surface area (TPSA) is 98.8 Å². The monoisotopic (exact) mass is 494 g/mol. The fourth-order valence-corrected chi connectivity index (χ4v) is 6.08. The number of anilines is 3. The Morgan fingerprint density at radius 3 is 2.32 bits per heavy atom. The molecule has 0 bridgehead atoms. The number of hydrogen-bond acceptors (Lipinski definition) is 5. The van der Waals surface area contributed by atoms with E-state index >= 15 is 0 Å². The smallest absolute Gasteiger partial charge is 0.253 e. The number of rotatable bonds is 4. The average molecular weight is 495 g/mol. The second-order valence-corrected chi connectivity index (χ2v) is 9.91. The quantitative estimate of drug-likeness (QED) is 0.544. The highest BCUT2D eigenvalue weighted by molar-refractivity contribution is 6.26. The molecule has 2 fully saturated rings. The number of carbonyl (C=O) groups is 4. The van der Waals surface area contributed by atoms with Gasteiger partial charge in [0, 0.05) is 23.0 Å². The molecular formula is C29H26N4O4. The molecule has 4 atom stereocenters. The first-order valence-electron chi connectivity index (χ1n) is 12.3.